The van der Waals surface area contributed by atoms with Gasteiger partial charge in [-0.2, -0.15) is 0 Å². The molecule has 2 unspecified atom stereocenters. The number of ether oxygens (including phenoxy) is 1. The molecule has 0 radical (unpaired) electrons. The first-order valence-corrected chi connectivity index (χ1v) is 14.4. The highest BCUT2D eigenvalue weighted by Gasteiger charge is 2.35. The second-order valence-electron chi connectivity index (χ2n) is 11.9. The summed E-state index contributed by atoms with van der Waals surface area (Å²) in [5.41, 5.74) is 9.94. The molecule has 3 nitrogen and oxygen atoms in total. The first-order chi connectivity index (χ1) is 20.1. The Morgan fingerprint density at radius 3 is 2.41 bits per heavy atom. The van der Waals surface area contributed by atoms with E-state index >= 15 is 0 Å². The van der Waals surface area contributed by atoms with Crippen molar-refractivity contribution in [2.75, 3.05) is 0 Å². The van der Waals surface area contributed by atoms with Crippen LogP contribution in [0, 0.1) is 0 Å². The highest BCUT2D eigenvalue weighted by Crippen LogP contribution is 2.52. The maximum absolute atomic E-state index is 6.19. The molecule has 2 heterocycles. The van der Waals surface area contributed by atoms with Crippen LogP contribution in [0.15, 0.2) is 126 Å². The number of aromatic nitrogens is 1. The van der Waals surface area contributed by atoms with Gasteiger partial charge in [-0.05, 0) is 69.9 Å². The molecule has 0 saturated carbocycles. The van der Waals surface area contributed by atoms with E-state index in [1.165, 1.54) is 54.8 Å². The lowest BCUT2D eigenvalue weighted by molar-refractivity contribution is 0.255. The van der Waals surface area contributed by atoms with Gasteiger partial charge in [0.15, 0.2) is 0 Å². The van der Waals surface area contributed by atoms with Crippen molar-refractivity contribution in [2.24, 2.45) is 4.99 Å². The third-order valence-electron chi connectivity index (χ3n) is 9.28. The Bertz CT molecular complexity index is 2160. The fourth-order valence-corrected chi connectivity index (χ4v) is 7.33. The molecule has 1 aromatic heterocycles. The van der Waals surface area contributed by atoms with Gasteiger partial charge in [-0.1, -0.05) is 92.7 Å². The van der Waals surface area contributed by atoms with Crippen LogP contribution in [-0.4, -0.2) is 22.6 Å². The van der Waals surface area contributed by atoms with Crippen molar-refractivity contribution in [3.8, 4) is 16.8 Å². The molecular weight excluding hydrogens is 500 g/mol. The average molecular weight is 529 g/mol. The molecular formula is C38H28N2O. The number of allylic oxidation sites excluding steroid dienone is 2. The number of hydrogen-bond donors (Lipinski definition) is 0. The summed E-state index contributed by atoms with van der Waals surface area (Å²) in [6.07, 6.45) is 8.26. The van der Waals surface area contributed by atoms with Gasteiger partial charge in [0.1, 0.15) is 12.1 Å². The van der Waals surface area contributed by atoms with Crippen LogP contribution >= 0.6 is 0 Å². The van der Waals surface area contributed by atoms with Gasteiger partial charge in [0, 0.05) is 33.0 Å². The van der Waals surface area contributed by atoms with E-state index in [1.807, 2.05) is 12.2 Å². The molecule has 196 valence electrons. The van der Waals surface area contributed by atoms with Gasteiger partial charge in [0.05, 0.1) is 11.0 Å². The number of para-hydroxylation sites is 1. The van der Waals surface area contributed by atoms with Gasteiger partial charge in [-0.15, -0.1) is 0 Å². The highest BCUT2D eigenvalue weighted by molar-refractivity contribution is 6.23. The Morgan fingerprint density at radius 1 is 0.756 bits per heavy atom. The first-order valence-electron chi connectivity index (χ1n) is 14.4. The fraction of sp³-hybridized carbons (Fsp3) is 0.132. The minimum absolute atomic E-state index is 0.00749. The standard InChI is InChI=1S/C38H28N2O/c1-38(2)29-13-5-3-12-27(29)35-34-24(10-9-14-30(34)38)22-28-26-11-4-7-16-32(26)40(36(28)35)25-20-18-23(19-21-25)37-39-31-15-6-8-17-33(31)41-37/h3-22,31,33H,1-2H3. The van der Waals surface area contributed by atoms with Crippen LogP contribution in [0.3, 0.4) is 0 Å². The molecule has 6 aromatic rings. The second kappa shape index (κ2) is 8.08. The van der Waals surface area contributed by atoms with Gasteiger partial charge in [-0.3, -0.25) is 0 Å². The quantitative estimate of drug-likeness (QED) is 0.220. The molecule has 41 heavy (non-hydrogen) atoms. The minimum Gasteiger partial charge on any atom is -0.467 e. The van der Waals surface area contributed by atoms with Crippen molar-refractivity contribution in [3.63, 3.8) is 0 Å². The molecule has 0 bridgehead atoms. The minimum atomic E-state index is -0.0845. The van der Waals surface area contributed by atoms with Crippen LogP contribution in [-0.2, 0) is 10.2 Å². The third kappa shape index (κ3) is 3.06. The average Bonchev–Trinajstić information content (AvgIpc) is 3.59. The van der Waals surface area contributed by atoms with Crippen molar-refractivity contribution in [1.82, 2.24) is 4.57 Å². The number of fused-ring (bicyclic) bond motifs is 7. The number of benzene rings is 5. The molecule has 2 aliphatic carbocycles. The summed E-state index contributed by atoms with van der Waals surface area (Å²) in [4.78, 5) is 4.84. The molecule has 0 spiro atoms. The van der Waals surface area contributed by atoms with Crippen LogP contribution in [0.2, 0.25) is 0 Å². The second-order valence-corrected chi connectivity index (χ2v) is 11.9. The largest absolute Gasteiger partial charge is 0.467 e. The zero-order valence-corrected chi connectivity index (χ0v) is 23.0. The molecule has 3 heteroatoms. The van der Waals surface area contributed by atoms with E-state index in [0.29, 0.717) is 5.90 Å². The van der Waals surface area contributed by atoms with Gasteiger partial charge >= 0.3 is 0 Å². The maximum atomic E-state index is 6.19. The van der Waals surface area contributed by atoms with E-state index in [9.17, 15) is 0 Å². The number of aliphatic imine (C=N–C) groups is 1. The molecule has 9 rings (SSSR count). The maximum Gasteiger partial charge on any atom is 0.217 e. The summed E-state index contributed by atoms with van der Waals surface area (Å²) in [5.74, 6) is 0.715. The van der Waals surface area contributed by atoms with E-state index in [2.05, 4.69) is 128 Å². The Morgan fingerprint density at radius 2 is 1.54 bits per heavy atom. The molecule has 0 saturated heterocycles. The monoisotopic (exact) mass is 528 g/mol. The predicted molar refractivity (Wildman–Crippen MR) is 169 cm³/mol. The molecule has 0 fully saturated rings. The van der Waals surface area contributed by atoms with E-state index in [-0.39, 0.29) is 17.6 Å². The summed E-state index contributed by atoms with van der Waals surface area (Å²) in [7, 11) is 0. The van der Waals surface area contributed by atoms with Crippen LogP contribution in [0.1, 0.15) is 30.5 Å². The van der Waals surface area contributed by atoms with Crippen molar-refractivity contribution in [3.05, 3.63) is 138 Å². The summed E-state index contributed by atoms with van der Waals surface area (Å²) < 4.78 is 8.65. The lowest BCUT2D eigenvalue weighted by Crippen LogP contribution is -2.23. The lowest BCUT2D eigenvalue weighted by atomic mass is 9.68. The Kier molecular flexibility index (Phi) is 4.51. The Labute approximate surface area is 238 Å². The Balaban J connectivity index is 1.34. The van der Waals surface area contributed by atoms with Gasteiger partial charge < -0.3 is 9.30 Å². The van der Waals surface area contributed by atoms with E-state index in [4.69, 9.17) is 9.73 Å². The molecule has 0 amide bonds. The topological polar surface area (TPSA) is 26.5 Å². The molecule has 2 atom stereocenters. The van der Waals surface area contributed by atoms with E-state index < -0.39 is 0 Å². The van der Waals surface area contributed by atoms with Gasteiger partial charge in [-0.25, -0.2) is 4.99 Å². The van der Waals surface area contributed by atoms with Gasteiger partial charge in [0.25, 0.3) is 0 Å². The predicted octanol–water partition coefficient (Wildman–Crippen LogP) is 8.88. The fourth-order valence-electron chi connectivity index (χ4n) is 7.33. The summed E-state index contributed by atoms with van der Waals surface area (Å²) in [6, 6.07) is 35.8. The lowest BCUT2D eigenvalue weighted by Gasteiger charge is -2.35. The molecule has 0 N–H and O–H groups in total. The molecule has 3 aliphatic rings. The Hall–Kier alpha value is -4.89. The van der Waals surface area contributed by atoms with E-state index in [1.54, 1.807) is 0 Å². The SMILES string of the molecule is CC1(C)c2ccccc2-c2c3c1cccc3cc1c3ccccc3n(-c3ccc(C4=NC5C=CC=CC5O4)cc3)c21. The normalized spacial score (nSPS) is 19.8. The zero-order valence-electron chi connectivity index (χ0n) is 23.0. The first kappa shape index (κ1) is 22.9. The number of nitrogens with zero attached hydrogens (tertiary/aromatic N) is 2. The van der Waals surface area contributed by atoms with Crippen LogP contribution in [0.25, 0.3) is 49.4 Å². The van der Waals surface area contributed by atoms with E-state index in [0.717, 1.165) is 11.3 Å². The number of rotatable bonds is 2. The van der Waals surface area contributed by atoms with Crippen LogP contribution < -0.4 is 0 Å². The van der Waals surface area contributed by atoms with Crippen LogP contribution in [0.5, 0.6) is 0 Å². The summed E-state index contributed by atoms with van der Waals surface area (Å²) >= 11 is 0. The van der Waals surface area contributed by atoms with Crippen molar-refractivity contribution >= 4 is 38.5 Å². The van der Waals surface area contributed by atoms with Gasteiger partial charge in [0.2, 0.25) is 5.90 Å². The van der Waals surface area contributed by atoms with Crippen molar-refractivity contribution in [2.45, 2.75) is 31.4 Å². The summed E-state index contributed by atoms with van der Waals surface area (Å²) in [6.45, 7) is 4.72. The number of hydrogen-bond acceptors (Lipinski definition) is 2. The van der Waals surface area contributed by atoms with Crippen LogP contribution in [0.4, 0.5) is 0 Å². The molecule has 1 aliphatic heterocycles. The highest BCUT2D eigenvalue weighted by atomic mass is 16.5. The third-order valence-corrected chi connectivity index (χ3v) is 9.28. The van der Waals surface area contributed by atoms with Crippen molar-refractivity contribution < 1.29 is 4.74 Å². The zero-order chi connectivity index (χ0) is 27.3. The smallest absolute Gasteiger partial charge is 0.217 e. The molecule has 5 aromatic carbocycles. The van der Waals surface area contributed by atoms with Crippen molar-refractivity contribution in [1.29, 1.82) is 0 Å². The summed E-state index contributed by atoms with van der Waals surface area (Å²) in [5, 5.41) is 5.21.